The van der Waals surface area contributed by atoms with E-state index in [2.05, 4.69) is 20.8 Å². The van der Waals surface area contributed by atoms with Crippen molar-refractivity contribution in [2.24, 2.45) is 0 Å². The topological polar surface area (TPSA) is 34.9 Å². The maximum Gasteiger partial charge on any atom is 0.263 e. The van der Waals surface area contributed by atoms with Crippen molar-refractivity contribution in [2.45, 2.75) is 70.5 Å². The Labute approximate surface area is 140 Å². The summed E-state index contributed by atoms with van der Waals surface area (Å²) < 4.78 is 1.95. The molecule has 0 amide bonds. The smallest absolute Gasteiger partial charge is 0.263 e. The summed E-state index contributed by atoms with van der Waals surface area (Å²) in [5, 5.41) is 1.83. The molecule has 1 aliphatic rings. The maximum atomic E-state index is 13.2. The van der Waals surface area contributed by atoms with Crippen molar-refractivity contribution in [3.8, 4) is 0 Å². The highest BCUT2D eigenvalue weighted by atomic mass is 32.2. The molecule has 120 valence electrons. The number of fused-ring (bicyclic) bond motifs is 3. The molecule has 3 rings (SSSR count). The largest absolute Gasteiger partial charge is 0.284 e. The molecule has 5 heteroatoms. The highest BCUT2D eigenvalue weighted by molar-refractivity contribution is 7.99. The van der Waals surface area contributed by atoms with Crippen LogP contribution in [0.3, 0.4) is 0 Å². The molecule has 22 heavy (non-hydrogen) atoms. The van der Waals surface area contributed by atoms with Gasteiger partial charge in [0, 0.05) is 16.7 Å². The van der Waals surface area contributed by atoms with E-state index in [1.165, 1.54) is 23.3 Å². The average molecular weight is 337 g/mol. The predicted molar refractivity (Wildman–Crippen MR) is 96.5 cm³/mol. The number of rotatable bonds is 5. The molecule has 0 spiro atoms. The van der Waals surface area contributed by atoms with E-state index in [4.69, 9.17) is 4.98 Å². The number of thiophene rings is 1. The van der Waals surface area contributed by atoms with Gasteiger partial charge in [0.05, 0.1) is 5.39 Å². The first-order valence-corrected chi connectivity index (χ1v) is 10.2. The molecule has 3 nitrogen and oxygen atoms in total. The Kier molecular flexibility index (Phi) is 4.93. The van der Waals surface area contributed by atoms with E-state index in [1.807, 2.05) is 4.57 Å². The Morgan fingerprint density at radius 1 is 1.32 bits per heavy atom. The Morgan fingerprint density at radius 2 is 2.09 bits per heavy atom. The molecule has 0 radical (unpaired) electrons. The van der Waals surface area contributed by atoms with Gasteiger partial charge in [-0.25, -0.2) is 4.98 Å². The highest BCUT2D eigenvalue weighted by Crippen LogP contribution is 2.35. The number of hydrogen-bond acceptors (Lipinski definition) is 4. The monoisotopic (exact) mass is 336 g/mol. The van der Waals surface area contributed by atoms with Crippen LogP contribution in [0.15, 0.2) is 9.95 Å². The van der Waals surface area contributed by atoms with E-state index in [0.717, 1.165) is 46.8 Å². The van der Waals surface area contributed by atoms with E-state index in [1.54, 1.807) is 23.1 Å². The SMILES string of the molecule is CCCSc1nc2sc3c(c2c(=O)n1[C@@H](C)CC)CCCC3. The van der Waals surface area contributed by atoms with Crippen molar-refractivity contribution >= 4 is 33.3 Å². The first-order valence-electron chi connectivity index (χ1n) is 8.36. The van der Waals surface area contributed by atoms with Crippen LogP contribution in [0.1, 0.15) is 62.9 Å². The summed E-state index contributed by atoms with van der Waals surface area (Å²) in [7, 11) is 0. The van der Waals surface area contributed by atoms with Crippen molar-refractivity contribution in [2.75, 3.05) is 5.75 Å². The number of hydrogen-bond donors (Lipinski definition) is 0. The van der Waals surface area contributed by atoms with Gasteiger partial charge in [-0.05, 0) is 51.0 Å². The summed E-state index contributed by atoms with van der Waals surface area (Å²) >= 11 is 3.48. The molecule has 0 bridgehead atoms. The number of nitrogens with zero attached hydrogens (tertiary/aromatic N) is 2. The van der Waals surface area contributed by atoms with Crippen LogP contribution < -0.4 is 5.56 Å². The third-order valence-corrected chi connectivity index (χ3v) is 6.80. The third kappa shape index (κ3) is 2.73. The number of aryl methyl sites for hydroxylation is 2. The third-order valence-electron chi connectivity index (χ3n) is 4.46. The molecule has 0 saturated carbocycles. The van der Waals surface area contributed by atoms with Crippen LogP contribution in [0.2, 0.25) is 0 Å². The Balaban J connectivity index is 2.23. The molecule has 0 unspecified atom stereocenters. The van der Waals surface area contributed by atoms with Gasteiger partial charge in [-0.15, -0.1) is 11.3 Å². The first kappa shape index (κ1) is 16.1. The lowest BCUT2D eigenvalue weighted by molar-refractivity contribution is 0.468. The van der Waals surface area contributed by atoms with Gasteiger partial charge in [-0.1, -0.05) is 25.6 Å². The lowest BCUT2D eigenvalue weighted by atomic mass is 9.97. The molecular formula is C17H24N2OS2. The highest BCUT2D eigenvalue weighted by Gasteiger charge is 2.23. The molecule has 1 atom stereocenters. The van der Waals surface area contributed by atoms with Crippen molar-refractivity contribution in [3.63, 3.8) is 0 Å². The van der Waals surface area contributed by atoms with Crippen LogP contribution in [0.4, 0.5) is 0 Å². The van der Waals surface area contributed by atoms with Gasteiger partial charge in [-0.2, -0.15) is 0 Å². The summed E-state index contributed by atoms with van der Waals surface area (Å²) in [5.74, 6) is 1.01. The van der Waals surface area contributed by atoms with Crippen LogP contribution in [-0.4, -0.2) is 15.3 Å². The standard InChI is InChI=1S/C17H24N2OS2/c1-4-10-21-17-18-15-14(16(20)19(17)11(3)5-2)12-8-6-7-9-13(12)22-15/h11H,4-10H2,1-3H3/t11-/m0/s1. The zero-order chi connectivity index (χ0) is 15.7. The van der Waals surface area contributed by atoms with Gasteiger partial charge in [0.1, 0.15) is 4.83 Å². The molecule has 1 aliphatic carbocycles. The van der Waals surface area contributed by atoms with Gasteiger partial charge >= 0.3 is 0 Å². The van der Waals surface area contributed by atoms with E-state index in [-0.39, 0.29) is 11.6 Å². The summed E-state index contributed by atoms with van der Waals surface area (Å²) in [6, 6.07) is 0.211. The van der Waals surface area contributed by atoms with Crippen molar-refractivity contribution in [1.82, 2.24) is 9.55 Å². The predicted octanol–water partition coefficient (Wildman–Crippen LogP) is 4.81. The van der Waals surface area contributed by atoms with Gasteiger partial charge in [0.25, 0.3) is 5.56 Å². The summed E-state index contributed by atoms with van der Waals surface area (Å²) in [4.78, 5) is 20.4. The minimum absolute atomic E-state index is 0.192. The van der Waals surface area contributed by atoms with E-state index < -0.39 is 0 Å². The molecule has 0 aliphatic heterocycles. The van der Waals surface area contributed by atoms with Crippen LogP contribution in [-0.2, 0) is 12.8 Å². The van der Waals surface area contributed by atoms with Gasteiger partial charge in [-0.3, -0.25) is 9.36 Å². The van der Waals surface area contributed by atoms with E-state index in [0.29, 0.717) is 0 Å². The van der Waals surface area contributed by atoms with Crippen molar-refractivity contribution in [3.05, 3.63) is 20.8 Å². The second-order valence-corrected chi connectivity index (χ2v) is 8.21. The Hall–Kier alpha value is -0.810. The molecule has 2 aromatic rings. The van der Waals surface area contributed by atoms with E-state index in [9.17, 15) is 4.79 Å². The van der Waals surface area contributed by atoms with Gasteiger partial charge < -0.3 is 0 Å². The molecule has 0 N–H and O–H groups in total. The van der Waals surface area contributed by atoms with Gasteiger partial charge in [0.2, 0.25) is 0 Å². The number of thioether (sulfide) groups is 1. The normalized spacial score (nSPS) is 16.0. The summed E-state index contributed by atoms with van der Waals surface area (Å²) in [6.07, 6.45) is 6.68. The minimum atomic E-state index is 0.192. The van der Waals surface area contributed by atoms with Crippen LogP contribution in [0, 0.1) is 0 Å². The average Bonchev–Trinajstić information content (AvgIpc) is 2.90. The van der Waals surface area contributed by atoms with Crippen molar-refractivity contribution in [1.29, 1.82) is 0 Å². The molecular weight excluding hydrogens is 312 g/mol. The zero-order valence-corrected chi connectivity index (χ0v) is 15.3. The number of aromatic nitrogens is 2. The van der Waals surface area contributed by atoms with Crippen LogP contribution >= 0.6 is 23.1 Å². The zero-order valence-electron chi connectivity index (χ0n) is 13.6. The molecule has 0 fully saturated rings. The fourth-order valence-electron chi connectivity index (χ4n) is 3.07. The summed E-state index contributed by atoms with van der Waals surface area (Å²) in [6.45, 7) is 6.43. The second-order valence-electron chi connectivity index (χ2n) is 6.07. The molecule has 0 aromatic carbocycles. The first-order chi connectivity index (χ1) is 10.7. The Bertz CT molecular complexity index is 732. The summed E-state index contributed by atoms with van der Waals surface area (Å²) in [5.41, 5.74) is 1.49. The molecule has 0 saturated heterocycles. The maximum absolute atomic E-state index is 13.2. The van der Waals surface area contributed by atoms with E-state index >= 15 is 0 Å². The fraction of sp³-hybridized carbons (Fsp3) is 0.647. The van der Waals surface area contributed by atoms with Crippen molar-refractivity contribution < 1.29 is 0 Å². The molecule has 2 aromatic heterocycles. The lowest BCUT2D eigenvalue weighted by Gasteiger charge is -2.18. The second kappa shape index (κ2) is 6.75. The van der Waals surface area contributed by atoms with Crippen LogP contribution in [0.5, 0.6) is 0 Å². The molecule has 2 heterocycles. The quantitative estimate of drug-likeness (QED) is 0.580. The fourth-order valence-corrected chi connectivity index (χ4v) is 5.32. The minimum Gasteiger partial charge on any atom is -0.284 e. The van der Waals surface area contributed by atoms with Gasteiger partial charge in [0.15, 0.2) is 5.16 Å². The lowest BCUT2D eigenvalue weighted by Crippen LogP contribution is -2.26. The Morgan fingerprint density at radius 3 is 2.82 bits per heavy atom. The van der Waals surface area contributed by atoms with Crippen LogP contribution in [0.25, 0.3) is 10.2 Å².